The smallest absolute Gasteiger partial charge is 0.339 e. The fourth-order valence-corrected chi connectivity index (χ4v) is 3.06. The van der Waals surface area contributed by atoms with Gasteiger partial charge in [-0.15, -0.1) is 0 Å². The summed E-state index contributed by atoms with van der Waals surface area (Å²) in [5, 5.41) is 9.68. The van der Waals surface area contributed by atoms with E-state index in [1.165, 1.54) is 0 Å². The maximum Gasteiger partial charge on any atom is 0.339 e. The molecule has 1 aromatic heterocycles. The summed E-state index contributed by atoms with van der Waals surface area (Å²) in [7, 11) is 0. The summed E-state index contributed by atoms with van der Waals surface area (Å²) >= 11 is 0. The van der Waals surface area contributed by atoms with Gasteiger partial charge in [0.05, 0.1) is 0 Å². The molecular formula is C18H20O5. The number of hydrogen-bond acceptors (Lipinski definition) is 4. The van der Waals surface area contributed by atoms with E-state index >= 15 is 0 Å². The largest absolute Gasteiger partial charge is 0.487 e. The first-order chi connectivity index (χ1) is 10.8. The Morgan fingerprint density at radius 2 is 2.09 bits per heavy atom. The number of carboxylic acid groups (broad SMARTS) is 1. The van der Waals surface area contributed by atoms with E-state index < -0.39 is 11.6 Å². The van der Waals surface area contributed by atoms with Crippen LogP contribution in [0, 0.1) is 6.92 Å². The number of aliphatic carboxylic acids is 1. The Bertz CT molecular complexity index is 845. The molecule has 0 fully saturated rings. The zero-order valence-electron chi connectivity index (χ0n) is 13.6. The van der Waals surface area contributed by atoms with Crippen LogP contribution in [0.3, 0.4) is 0 Å². The molecule has 0 amide bonds. The molecule has 2 heterocycles. The number of hydrogen-bond donors (Lipinski definition) is 1. The average Bonchev–Trinajstić information content (AvgIpc) is 2.44. The van der Waals surface area contributed by atoms with Crippen LogP contribution in [0.1, 0.15) is 43.4 Å². The number of carbonyl (C=O) groups is 1. The molecule has 2 aromatic rings. The first-order valence-corrected chi connectivity index (χ1v) is 7.77. The highest BCUT2D eigenvalue weighted by Gasteiger charge is 2.27. The molecule has 0 saturated carbocycles. The Morgan fingerprint density at radius 3 is 2.78 bits per heavy atom. The molecule has 0 bridgehead atoms. The summed E-state index contributed by atoms with van der Waals surface area (Å²) < 4.78 is 11.4. The Morgan fingerprint density at radius 1 is 1.35 bits per heavy atom. The maximum absolute atomic E-state index is 12.2. The van der Waals surface area contributed by atoms with Gasteiger partial charge in [-0.2, -0.15) is 0 Å². The normalized spacial score (nSPS) is 16.0. The molecule has 0 radical (unpaired) electrons. The second kappa shape index (κ2) is 5.41. The lowest BCUT2D eigenvalue weighted by Crippen LogP contribution is -2.32. The molecule has 23 heavy (non-hydrogen) atoms. The van der Waals surface area contributed by atoms with Crippen molar-refractivity contribution in [3.05, 3.63) is 39.2 Å². The third-order valence-corrected chi connectivity index (χ3v) is 4.44. The van der Waals surface area contributed by atoms with E-state index in [1.807, 2.05) is 26.8 Å². The molecule has 5 heteroatoms. The molecule has 122 valence electrons. The average molecular weight is 316 g/mol. The van der Waals surface area contributed by atoms with E-state index in [4.69, 9.17) is 14.3 Å². The van der Waals surface area contributed by atoms with Crippen molar-refractivity contribution in [1.29, 1.82) is 0 Å². The lowest BCUT2D eigenvalue weighted by atomic mass is 9.92. The molecule has 1 aromatic carbocycles. The molecular weight excluding hydrogens is 296 g/mol. The standard InChI is InChI=1S/C18H20O5/c1-10-12(4-5-16(19)20)17(21)22-15-9-14-11(8-13(10)15)6-7-18(2,3)23-14/h8-9H,4-7H2,1-3H3,(H,19,20). The van der Waals surface area contributed by atoms with Gasteiger partial charge in [0.25, 0.3) is 0 Å². The minimum absolute atomic E-state index is 0.0840. The van der Waals surface area contributed by atoms with Crippen LogP contribution in [-0.2, 0) is 17.6 Å². The number of ether oxygens (including phenoxy) is 1. The SMILES string of the molecule is Cc1c(CCC(=O)O)c(=O)oc2cc3c(cc12)CCC(C)(C)O3. The predicted molar refractivity (Wildman–Crippen MR) is 86.2 cm³/mol. The van der Waals surface area contributed by atoms with Crippen molar-refractivity contribution in [2.45, 2.75) is 52.1 Å². The van der Waals surface area contributed by atoms with Crippen LogP contribution in [0.25, 0.3) is 11.0 Å². The predicted octanol–water partition coefficient (Wildman–Crippen LogP) is 3.22. The summed E-state index contributed by atoms with van der Waals surface area (Å²) in [6, 6.07) is 3.78. The van der Waals surface area contributed by atoms with Crippen LogP contribution < -0.4 is 10.4 Å². The van der Waals surface area contributed by atoms with Crippen molar-refractivity contribution >= 4 is 16.9 Å². The molecule has 1 N–H and O–H groups in total. The van der Waals surface area contributed by atoms with Crippen LogP contribution >= 0.6 is 0 Å². The topological polar surface area (TPSA) is 76.7 Å². The Balaban J connectivity index is 2.12. The Labute approximate surface area is 133 Å². The third-order valence-electron chi connectivity index (χ3n) is 4.44. The minimum Gasteiger partial charge on any atom is -0.487 e. The Kier molecular flexibility index (Phi) is 3.66. The number of fused-ring (bicyclic) bond motifs is 2. The summed E-state index contributed by atoms with van der Waals surface area (Å²) in [4.78, 5) is 22.9. The van der Waals surface area contributed by atoms with E-state index in [2.05, 4.69) is 0 Å². The monoisotopic (exact) mass is 316 g/mol. The summed E-state index contributed by atoms with van der Waals surface area (Å²) in [6.45, 7) is 5.92. The van der Waals surface area contributed by atoms with Gasteiger partial charge in [0.1, 0.15) is 16.9 Å². The lowest BCUT2D eigenvalue weighted by molar-refractivity contribution is -0.136. The lowest BCUT2D eigenvalue weighted by Gasteiger charge is -2.32. The van der Waals surface area contributed by atoms with E-state index in [-0.39, 0.29) is 18.4 Å². The fraction of sp³-hybridized carbons (Fsp3) is 0.444. The van der Waals surface area contributed by atoms with Gasteiger partial charge in [-0.3, -0.25) is 4.79 Å². The van der Waals surface area contributed by atoms with Gasteiger partial charge in [0.2, 0.25) is 0 Å². The molecule has 3 rings (SSSR count). The van der Waals surface area contributed by atoms with Gasteiger partial charge >= 0.3 is 11.6 Å². The van der Waals surface area contributed by atoms with E-state index in [0.29, 0.717) is 11.1 Å². The molecule has 0 unspecified atom stereocenters. The summed E-state index contributed by atoms with van der Waals surface area (Å²) in [5.74, 6) is -0.167. The van der Waals surface area contributed by atoms with Crippen LogP contribution in [0.15, 0.2) is 21.3 Å². The number of aryl methyl sites for hydroxylation is 2. The van der Waals surface area contributed by atoms with Crippen molar-refractivity contribution in [2.24, 2.45) is 0 Å². The van der Waals surface area contributed by atoms with Gasteiger partial charge in [-0.1, -0.05) is 0 Å². The van der Waals surface area contributed by atoms with Crippen LogP contribution in [0.4, 0.5) is 0 Å². The minimum atomic E-state index is -0.926. The quantitative estimate of drug-likeness (QED) is 0.880. The Hall–Kier alpha value is -2.30. The number of rotatable bonds is 3. The second-order valence-corrected chi connectivity index (χ2v) is 6.70. The molecule has 0 aliphatic carbocycles. The van der Waals surface area contributed by atoms with Crippen LogP contribution in [0.5, 0.6) is 5.75 Å². The first-order valence-electron chi connectivity index (χ1n) is 7.77. The fourth-order valence-electron chi connectivity index (χ4n) is 3.06. The van der Waals surface area contributed by atoms with Gasteiger partial charge in [-0.25, -0.2) is 4.79 Å². The summed E-state index contributed by atoms with van der Waals surface area (Å²) in [5.41, 5.74) is 2.13. The van der Waals surface area contributed by atoms with Gasteiger partial charge in [0, 0.05) is 23.4 Å². The molecule has 0 saturated heterocycles. The highest BCUT2D eigenvalue weighted by Crippen LogP contribution is 2.36. The van der Waals surface area contributed by atoms with E-state index in [0.717, 1.165) is 35.1 Å². The van der Waals surface area contributed by atoms with Crippen molar-refractivity contribution in [3.63, 3.8) is 0 Å². The summed E-state index contributed by atoms with van der Waals surface area (Å²) in [6.07, 6.45) is 1.92. The molecule has 1 aliphatic rings. The zero-order chi connectivity index (χ0) is 16.8. The van der Waals surface area contributed by atoms with Crippen LogP contribution in [-0.4, -0.2) is 16.7 Å². The van der Waals surface area contributed by atoms with E-state index in [1.54, 1.807) is 6.07 Å². The first kappa shape index (κ1) is 15.6. The van der Waals surface area contributed by atoms with Crippen molar-refractivity contribution in [2.75, 3.05) is 0 Å². The molecule has 1 aliphatic heterocycles. The van der Waals surface area contributed by atoms with Gasteiger partial charge < -0.3 is 14.3 Å². The van der Waals surface area contributed by atoms with Crippen LogP contribution in [0.2, 0.25) is 0 Å². The highest BCUT2D eigenvalue weighted by molar-refractivity contribution is 5.84. The number of carboxylic acids is 1. The van der Waals surface area contributed by atoms with Gasteiger partial charge in [0.15, 0.2) is 0 Å². The molecule has 5 nitrogen and oxygen atoms in total. The third kappa shape index (κ3) is 2.96. The van der Waals surface area contributed by atoms with Crippen molar-refractivity contribution in [1.82, 2.24) is 0 Å². The molecule has 0 spiro atoms. The zero-order valence-corrected chi connectivity index (χ0v) is 13.6. The number of benzene rings is 1. The second-order valence-electron chi connectivity index (χ2n) is 6.70. The van der Waals surface area contributed by atoms with Gasteiger partial charge in [-0.05, 0) is 57.2 Å². The highest BCUT2D eigenvalue weighted by atomic mass is 16.5. The van der Waals surface area contributed by atoms with Crippen molar-refractivity contribution < 1.29 is 19.1 Å². The van der Waals surface area contributed by atoms with E-state index in [9.17, 15) is 9.59 Å². The molecule has 0 atom stereocenters. The maximum atomic E-state index is 12.2. The van der Waals surface area contributed by atoms with Crippen molar-refractivity contribution in [3.8, 4) is 5.75 Å².